The highest BCUT2D eigenvalue weighted by atomic mass is 19.4. The molecular weight excluding hydrogens is 1070 g/mol. The standard InChI is InChI=1S/C72H68F6N2O4/c1-6-7-9-14-45-19-21-46(22-20-45)47-23-25-48(26-24-47)49-27-29-50(30-28-49)68(81)79-53-31-32-54(44(2)39-53)56-42-57-58(43-63(56)82-5)67-55(66-64(57)59-40-52(71(73,74)75)41-61(72(76,77)78)65(59)69(66,3)4)33-34-70(84-67,51-15-10-8-11-16-51)60-17-12-13-18-62(60)80-35-37-83-38-36-80/h8,10-13,15-18,23-34,39-43,45-46H,6-7,9,14,19-22,35-38H2,1-5H3,(H,79,81)/t45-,46-,70?. The Labute approximate surface area is 487 Å². The van der Waals surface area contributed by atoms with Gasteiger partial charge in [0.15, 0.2) is 5.60 Å². The number of ether oxygens (including phenoxy) is 3. The van der Waals surface area contributed by atoms with Crippen molar-refractivity contribution in [3.8, 4) is 44.9 Å². The van der Waals surface area contributed by atoms with Crippen molar-refractivity contribution >= 4 is 34.1 Å². The molecule has 2 heterocycles. The number of hydrogen-bond acceptors (Lipinski definition) is 5. The smallest absolute Gasteiger partial charge is 0.416 e. The van der Waals surface area contributed by atoms with Gasteiger partial charge in [-0.05, 0) is 161 Å². The van der Waals surface area contributed by atoms with Crippen LogP contribution in [0.2, 0.25) is 0 Å². The minimum absolute atomic E-state index is 0.159. The molecule has 6 nitrogen and oxygen atoms in total. The molecule has 0 radical (unpaired) electrons. The SMILES string of the molecule is CCCCC[C@H]1CC[C@H](c2ccc(-c3ccc(C(=O)Nc4ccc(-c5cc6c7c(c8c(c6cc5OC)OC(c5ccccc5)(c5ccccc5N5CCOCC5)C=C8)C(C)(C)c5c-7cc(C(F)(F)F)cc5C(F)(F)F)c(C)c4)cc3)cc2)CC1. The van der Waals surface area contributed by atoms with Crippen LogP contribution in [0.15, 0.2) is 152 Å². The molecular formula is C72H68F6N2O4. The van der Waals surface area contributed by atoms with Gasteiger partial charge >= 0.3 is 12.4 Å². The third-order valence-electron chi connectivity index (χ3n) is 18.2. The van der Waals surface area contributed by atoms with E-state index in [-0.39, 0.29) is 28.7 Å². The normalized spacial score (nSPS) is 19.1. The van der Waals surface area contributed by atoms with Gasteiger partial charge in [-0.1, -0.05) is 144 Å². The number of unbranched alkanes of at least 4 members (excludes halogenated alkanes) is 2. The van der Waals surface area contributed by atoms with Crippen molar-refractivity contribution in [1.29, 1.82) is 0 Å². The van der Waals surface area contributed by atoms with E-state index in [1.807, 2.05) is 110 Å². The number of fused-ring (bicyclic) bond motifs is 8. The Morgan fingerprint density at radius 1 is 0.714 bits per heavy atom. The molecule has 1 saturated heterocycles. The zero-order valence-corrected chi connectivity index (χ0v) is 48.0. The fourth-order valence-electron chi connectivity index (χ4n) is 14.0. The van der Waals surface area contributed by atoms with Crippen molar-refractivity contribution in [2.45, 2.75) is 108 Å². The average Bonchev–Trinajstić information content (AvgIpc) is 1.48. The minimum atomic E-state index is -5.14. The molecule has 432 valence electrons. The Kier molecular flexibility index (Phi) is 15.0. The number of hydrogen-bond donors (Lipinski definition) is 1. The molecule has 2 fully saturated rings. The number of morpholine rings is 1. The number of rotatable bonds is 13. The zero-order chi connectivity index (χ0) is 58.7. The number of alkyl halides is 6. The van der Waals surface area contributed by atoms with Crippen molar-refractivity contribution < 1.29 is 45.3 Å². The first-order valence-electron chi connectivity index (χ1n) is 29.4. The number of aryl methyl sites for hydroxylation is 1. The van der Waals surface area contributed by atoms with Crippen LogP contribution in [0.5, 0.6) is 11.5 Å². The summed E-state index contributed by atoms with van der Waals surface area (Å²) in [6.45, 7) is 9.73. The van der Waals surface area contributed by atoms with Crippen molar-refractivity contribution in [3.63, 3.8) is 0 Å². The van der Waals surface area contributed by atoms with Crippen LogP contribution in [0.4, 0.5) is 37.7 Å². The van der Waals surface area contributed by atoms with E-state index >= 15 is 13.2 Å². The molecule has 8 aromatic rings. The first-order valence-corrected chi connectivity index (χ1v) is 29.4. The second kappa shape index (κ2) is 22.3. The van der Waals surface area contributed by atoms with Crippen LogP contribution in [0.1, 0.15) is 138 Å². The Morgan fingerprint density at radius 2 is 1.40 bits per heavy atom. The summed E-state index contributed by atoms with van der Waals surface area (Å²) >= 11 is 0. The number of benzene rings is 8. The monoisotopic (exact) mass is 1140 g/mol. The van der Waals surface area contributed by atoms with Gasteiger partial charge < -0.3 is 24.4 Å². The van der Waals surface area contributed by atoms with Crippen LogP contribution in [0.3, 0.4) is 0 Å². The number of halogens is 6. The largest absolute Gasteiger partial charge is 0.496 e. The van der Waals surface area contributed by atoms with Crippen LogP contribution >= 0.6 is 0 Å². The second-order valence-corrected chi connectivity index (χ2v) is 23.7. The predicted molar refractivity (Wildman–Crippen MR) is 323 cm³/mol. The summed E-state index contributed by atoms with van der Waals surface area (Å²) in [5.74, 6) is 1.87. The highest BCUT2D eigenvalue weighted by molar-refractivity contribution is 6.11. The number of anilines is 2. The van der Waals surface area contributed by atoms with Gasteiger partial charge in [0.1, 0.15) is 11.5 Å². The Bertz CT molecular complexity index is 3820. The molecule has 84 heavy (non-hydrogen) atoms. The molecule has 4 aliphatic rings. The Balaban J connectivity index is 0.923. The van der Waals surface area contributed by atoms with Crippen LogP contribution in [0.25, 0.3) is 50.2 Å². The molecule has 0 bridgehead atoms. The third kappa shape index (κ3) is 10.3. The fraction of sp³-hybridized carbons (Fsp3) is 0.319. The van der Waals surface area contributed by atoms with E-state index in [0.717, 1.165) is 45.5 Å². The van der Waals surface area contributed by atoms with E-state index in [4.69, 9.17) is 14.2 Å². The summed E-state index contributed by atoms with van der Waals surface area (Å²) in [5.41, 5.74) is 4.06. The highest BCUT2D eigenvalue weighted by Gasteiger charge is 2.51. The van der Waals surface area contributed by atoms with Crippen LogP contribution < -0.4 is 19.7 Å². The number of amides is 1. The Hall–Kier alpha value is -7.83. The number of methoxy groups -OCH3 is 1. The lowest BCUT2D eigenvalue weighted by Crippen LogP contribution is -2.41. The average molecular weight is 1140 g/mol. The van der Waals surface area contributed by atoms with Crippen LogP contribution in [-0.4, -0.2) is 39.3 Å². The van der Waals surface area contributed by atoms with Crippen molar-refractivity contribution in [3.05, 3.63) is 207 Å². The first kappa shape index (κ1) is 56.6. The zero-order valence-electron chi connectivity index (χ0n) is 48.0. The van der Waals surface area contributed by atoms with Gasteiger partial charge in [0.2, 0.25) is 0 Å². The molecule has 2 aliphatic heterocycles. The van der Waals surface area contributed by atoms with Crippen LogP contribution in [0, 0.1) is 12.8 Å². The lowest BCUT2D eigenvalue weighted by atomic mass is 9.75. The molecule has 1 N–H and O–H groups in total. The maximum atomic E-state index is 15.5. The molecule has 1 saturated carbocycles. The number of para-hydroxylation sites is 1. The summed E-state index contributed by atoms with van der Waals surface area (Å²) in [6, 6.07) is 44.2. The topological polar surface area (TPSA) is 60.0 Å². The van der Waals surface area contributed by atoms with E-state index < -0.39 is 34.5 Å². The minimum Gasteiger partial charge on any atom is -0.496 e. The quantitative estimate of drug-likeness (QED) is 0.0921. The lowest BCUT2D eigenvalue weighted by Gasteiger charge is -2.41. The van der Waals surface area contributed by atoms with Gasteiger partial charge in [-0.25, -0.2) is 0 Å². The van der Waals surface area contributed by atoms with E-state index in [1.165, 1.54) is 64.0 Å². The Morgan fingerprint density at radius 3 is 2.07 bits per heavy atom. The molecule has 2 aliphatic carbocycles. The summed E-state index contributed by atoms with van der Waals surface area (Å²) in [7, 11) is 1.52. The van der Waals surface area contributed by atoms with Crippen LogP contribution in [-0.2, 0) is 28.1 Å². The third-order valence-corrected chi connectivity index (χ3v) is 18.2. The number of nitrogens with one attached hydrogen (secondary N) is 1. The summed E-state index contributed by atoms with van der Waals surface area (Å²) in [6.07, 6.45) is 3.93. The van der Waals surface area contributed by atoms with E-state index in [9.17, 15) is 18.0 Å². The summed E-state index contributed by atoms with van der Waals surface area (Å²) in [4.78, 5) is 16.1. The van der Waals surface area contributed by atoms with Gasteiger partial charge in [0.25, 0.3) is 5.91 Å². The lowest BCUT2D eigenvalue weighted by molar-refractivity contribution is -0.143. The number of carbonyl (C=O) groups excluding carboxylic acids is 1. The van der Waals surface area contributed by atoms with Gasteiger partial charge in [0.05, 0.1) is 31.5 Å². The predicted octanol–water partition coefficient (Wildman–Crippen LogP) is 19.1. The number of carbonyl (C=O) groups is 1. The van der Waals surface area contributed by atoms with Gasteiger partial charge in [-0.2, -0.15) is 26.3 Å². The first-order chi connectivity index (χ1) is 40.4. The van der Waals surface area contributed by atoms with E-state index in [1.54, 1.807) is 32.0 Å². The maximum Gasteiger partial charge on any atom is 0.416 e. The molecule has 8 aromatic carbocycles. The molecule has 1 amide bonds. The summed E-state index contributed by atoms with van der Waals surface area (Å²) < 4.78 is 111. The van der Waals surface area contributed by atoms with E-state index in [2.05, 4.69) is 41.4 Å². The molecule has 0 aromatic heterocycles. The summed E-state index contributed by atoms with van der Waals surface area (Å²) in [5, 5.41) is 3.86. The second-order valence-electron chi connectivity index (χ2n) is 23.7. The molecule has 0 spiro atoms. The molecule has 1 unspecified atom stereocenters. The molecule has 12 rings (SSSR count). The van der Waals surface area contributed by atoms with Crippen molar-refractivity contribution in [2.24, 2.45) is 5.92 Å². The fourth-order valence-corrected chi connectivity index (χ4v) is 14.0. The van der Waals surface area contributed by atoms with Gasteiger partial charge in [0, 0.05) is 63.1 Å². The van der Waals surface area contributed by atoms with Crippen molar-refractivity contribution in [1.82, 2.24) is 0 Å². The van der Waals surface area contributed by atoms with Gasteiger partial charge in [-0.3, -0.25) is 4.79 Å². The molecule has 12 heteroatoms. The van der Waals surface area contributed by atoms with Crippen molar-refractivity contribution in [2.75, 3.05) is 43.6 Å². The van der Waals surface area contributed by atoms with Gasteiger partial charge in [-0.15, -0.1) is 0 Å². The van der Waals surface area contributed by atoms with E-state index in [0.29, 0.717) is 88.0 Å². The maximum absolute atomic E-state index is 15.5. The number of nitrogens with zero attached hydrogens (tertiary/aromatic N) is 1. The highest BCUT2D eigenvalue weighted by Crippen LogP contribution is 2.62. The molecule has 1 atom stereocenters.